The Bertz CT molecular complexity index is 3560. The molecule has 0 fully saturated rings. The van der Waals surface area contributed by atoms with Crippen LogP contribution in [0.15, 0.2) is 234 Å². The number of rotatable bonds is 19. The largest absolute Gasteiger partial charge is 0.743 e. The van der Waals surface area contributed by atoms with Crippen molar-refractivity contribution in [1.82, 2.24) is 0 Å². The monoisotopic (exact) mass is 1450 g/mol. The summed E-state index contributed by atoms with van der Waals surface area (Å²) in [6, 6.07) is 56.7. The number of carbonyl (C=O) groups is 4. The Morgan fingerprint density at radius 1 is 0.602 bits per heavy atom. The first-order valence-electron chi connectivity index (χ1n) is 27.5. The molecule has 0 saturated heterocycles. The molecule has 0 spiro atoms. The Morgan fingerprint density at radius 3 is 1.41 bits per heavy atom. The van der Waals surface area contributed by atoms with Crippen LogP contribution in [0.2, 0.25) is 0 Å². The van der Waals surface area contributed by atoms with Crippen molar-refractivity contribution < 1.29 is 136 Å². The zero-order valence-corrected chi connectivity index (χ0v) is 52.7. The molecule has 0 bridgehead atoms. The lowest BCUT2D eigenvalue weighted by Crippen LogP contribution is -2.57. The second kappa shape index (κ2) is 38.1. The topological polar surface area (TPSA) is 192 Å². The van der Waals surface area contributed by atoms with Gasteiger partial charge in [-0.3, -0.25) is 0 Å². The van der Waals surface area contributed by atoms with Crippen LogP contribution in [0, 0.1) is 0 Å². The van der Waals surface area contributed by atoms with Gasteiger partial charge >= 0.3 is 60.0 Å². The molecule has 1 atom stereocenters. The third kappa shape index (κ3) is 27.8. The van der Waals surface area contributed by atoms with Gasteiger partial charge in [-0.2, -0.15) is 74.6 Å². The molecule has 0 radical (unpaired) electrons. The third-order valence-corrected chi connectivity index (χ3v) is 15.0. The van der Waals surface area contributed by atoms with Crippen LogP contribution >= 0.6 is 0 Å². The van der Waals surface area contributed by atoms with E-state index >= 15 is 0 Å². The van der Waals surface area contributed by atoms with Gasteiger partial charge in [0.25, 0.3) is 17.8 Å². The number of benzene rings is 6. The molecule has 0 saturated carbocycles. The zero-order valence-electron chi connectivity index (χ0n) is 51.1. The van der Waals surface area contributed by atoms with Crippen LogP contribution in [-0.2, 0) is 60.8 Å². The second-order valence-electron chi connectivity index (χ2n) is 19.3. The van der Waals surface area contributed by atoms with Gasteiger partial charge in [-0.1, -0.05) is 154 Å². The molecular weight excluding hydrogens is 1390 g/mol. The molecule has 6 aromatic rings. The molecule has 1 N–H and O–H groups in total. The highest BCUT2D eigenvalue weighted by Gasteiger charge is 2.70. The fourth-order valence-electron chi connectivity index (χ4n) is 6.99. The van der Waals surface area contributed by atoms with E-state index in [0.29, 0.717) is 11.3 Å². The summed E-state index contributed by atoms with van der Waals surface area (Å²) in [7, 11) is -6.67. The van der Waals surface area contributed by atoms with Crippen LogP contribution in [0.3, 0.4) is 0 Å². The molecule has 0 aromatic heterocycles. The van der Waals surface area contributed by atoms with Crippen molar-refractivity contribution in [1.29, 1.82) is 0 Å². The number of alkyl halides is 17. The summed E-state index contributed by atoms with van der Waals surface area (Å²) in [6.45, 7) is 13.1. The number of halogens is 17. The van der Waals surface area contributed by atoms with Crippen LogP contribution in [0.5, 0.6) is 5.75 Å². The van der Waals surface area contributed by atoms with Gasteiger partial charge in [0.1, 0.15) is 5.75 Å². The Labute approximate surface area is 553 Å². The second-order valence-corrected chi connectivity index (χ2v) is 22.8. The van der Waals surface area contributed by atoms with E-state index in [1.807, 2.05) is 18.2 Å². The van der Waals surface area contributed by atoms with Gasteiger partial charge in [0.05, 0.1) is 41.9 Å². The lowest BCUT2D eigenvalue weighted by Gasteiger charge is -2.32. The van der Waals surface area contributed by atoms with Gasteiger partial charge < -0.3 is 33.3 Å². The van der Waals surface area contributed by atoms with Gasteiger partial charge in [-0.05, 0) is 97.6 Å². The zero-order chi connectivity index (χ0) is 74.5. The minimum Gasteiger partial charge on any atom is -0.743 e. The van der Waals surface area contributed by atoms with E-state index in [4.69, 9.17) is 9.84 Å². The average Bonchev–Trinajstić information content (AvgIpc) is 0.973. The number of aliphatic hydroxyl groups is 1. The number of esters is 4. The predicted octanol–water partition coefficient (Wildman–Crippen LogP) is 16.3. The minimum absolute atomic E-state index is 0.0146. The summed E-state index contributed by atoms with van der Waals surface area (Å²) >= 11 is 0. The molecular formula is C66H59F17O13S2. The lowest BCUT2D eigenvalue weighted by atomic mass is 9.99. The van der Waals surface area contributed by atoms with Crippen molar-refractivity contribution in [3.63, 3.8) is 0 Å². The highest BCUT2D eigenvalue weighted by molar-refractivity contribution is 7.97. The number of hydrogen-bond acceptors (Lipinski definition) is 13. The smallest absolute Gasteiger partial charge is 0.434 e. The molecule has 1 unspecified atom stereocenters. The highest BCUT2D eigenvalue weighted by Crippen LogP contribution is 2.45. The summed E-state index contributed by atoms with van der Waals surface area (Å²) in [5.41, 5.74) is -1.31. The minimum atomic E-state index is -6.65. The summed E-state index contributed by atoms with van der Waals surface area (Å²) in [4.78, 5) is 47.7. The third-order valence-electron chi connectivity index (χ3n) is 11.9. The summed E-state index contributed by atoms with van der Waals surface area (Å²) in [5.74, 6) is -4.38. The van der Waals surface area contributed by atoms with Gasteiger partial charge in [-0.25, -0.2) is 27.6 Å². The van der Waals surface area contributed by atoms with Gasteiger partial charge in [0, 0.05) is 18.1 Å². The van der Waals surface area contributed by atoms with E-state index in [-0.39, 0.29) is 35.1 Å². The van der Waals surface area contributed by atoms with Crippen LogP contribution in [-0.4, -0.2) is 116 Å². The van der Waals surface area contributed by atoms with Crippen LogP contribution in [0.25, 0.3) is 12.2 Å². The molecule has 7 rings (SSSR count). The molecule has 0 amide bonds. The van der Waals surface area contributed by atoms with Crippen molar-refractivity contribution >= 4 is 57.0 Å². The summed E-state index contributed by atoms with van der Waals surface area (Å²) in [6.07, 6.45) is -32.0. The number of allylic oxidation sites excluding steroid dienone is 1. The molecule has 0 aliphatic heterocycles. The van der Waals surface area contributed by atoms with E-state index in [2.05, 4.69) is 173 Å². The van der Waals surface area contributed by atoms with Crippen molar-refractivity contribution in [2.75, 3.05) is 19.8 Å². The quantitative estimate of drug-likeness (QED) is 0.0118. The number of hydrogen-bond donors (Lipinski definition) is 1. The molecule has 32 heteroatoms. The highest BCUT2D eigenvalue weighted by atomic mass is 32.2. The van der Waals surface area contributed by atoms with Crippen molar-refractivity contribution in [3.8, 4) is 5.75 Å². The normalized spacial score (nSPS) is 12.4. The summed E-state index contributed by atoms with van der Waals surface area (Å²) in [5, 5.41) is 2.97. The fourth-order valence-corrected chi connectivity index (χ4v) is 9.53. The van der Waals surface area contributed by atoms with Crippen molar-refractivity contribution in [3.05, 3.63) is 242 Å². The molecule has 1 aliphatic carbocycles. The molecule has 532 valence electrons. The van der Waals surface area contributed by atoms with Crippen LogP contribution < -0.4 is 4.74 Å². The number of ether oxygens (including phenoxy) is 5. The standard InChI is InChI=1S/C18H15S.C15H12O2.C11H14F6O4.C9H8.C7H6F6O2.C6H5F5O5S/c1-4-10-16(11-5-1)19(17-12-6-2-7-13-17)18-14-8-3-9-15-18;1-2-12-8-10-14(11-9-12)17-15(16)13-6-4-3-5-7-13;1-3-21-8(18)7(2)6-20-5-4-9(19,10(12,13)14)11(15,16)17;1-2-5-9-7-3-6-8(9)4-1;1-3(2)4(14)15-5(6(8,9)10)7(11,12)13;1-2-3(12)16-4(5(7,8)9)6(10,11)17(13,14)15/h1-15H;2-11H,1H2;19H,2-6H2,1H3;1-6H,7H2;5H,1H2,2H3;2,4H,1H2,(H,13,14,15)/q+1;;;;;/p-1. The maximum atomic E-state index is 12.7. The number of fused-ring (bicyclic) bond motifs is 1. The van der Waals surface area contributed by atoms with E-state index in [1.54, 1.807) is 42.5 Å². The summed E-state index contributed by atoms with van der Waals surface area (Å²) < 4.78 is 257. The van der Waals surface area contributed by atoms with Crippen LogP contribution in [0.4, 0.5) is 74.6 Å². The Kier molecular flexibility index (Phi) is 33.1. The first-order valence-corrected chi connectivity index (χ1v) is 30.2. The van der Waals surface area contributed by atoms with Crippen LogP contribution in [0.1, 0.15) is 47.3 Å². The maximum Gasteiger partial charge on any atom is 0.434 e. The average molecular weight is 1450 g/mol. The van der Waals surface area contributed by atoms with Gasteiger partial charge in [0.2, 0.25) is 0 Å². The predicted molar refractivity (Wildman–Crippen MR) is 324 cm³/mol. The maximum absolute atomic E-state index is 12.7. The molecule has 0 heterocycles. The van der Waals surface area contributed by atoms with Gasteiger partial charge in [-0.15, -0.1) is 0 Å². The fraction of sp³-hybridized carbons (Fsp3) is 0.242. The first-order chi connectivity index (χ1) is 45.4. The molecule has 13 nitrogen and oxygen atoms in total. The van der Waals surface area contributed by atoms with E-state index in [0.717, 1.165) is 18.9 Å². The Morgan fingerprint density at radius 2 is 1.03 bits per heavy atom. The molecule has 1 aliphatic rings. The van der Waals surface area contributed by atoms with Crippen molar-refractivity contribution in [2.24, 2.45) is 0 Å². The van der Waals surface area contributed by atoms with Gasteiger partial charge in [0.15, 0.2) is 24.8 Å². The van der Waals surface area contributed by atoms with E-state index in [9.17, 15) is 107 Å². The SMILES string of the molecule is C1=Cc2ccccc2C1.C=C(C)C(=O)OC(C(F)(F)F)C(F)(F)F.C=C(COCCC(O)(C(F)(F)F)C(F)(F)F)C(=O)OCC.C=CC(=O)OC(C(F)(F)F)C(F)(F)S(=O)(=O)[O-].C=Cc1ccc(OC(=O)c2ccccc2)cc1.c1ccc([S+](c2ccccc2)c2ccccc2)cc1. The number of carbonyl (C=O) groups excluding carboxylic acids is 4. The van der Waals surface area contributed by atoms with Crippen molar-refractivity contribution in [2.45, 2.75) is 95.3 Å². The molecule has 98 heavy (non-hydrogen) atoms. The Hall–Kier alpha value is -9.11. The molecule has 6 aromatic carbocycles. The Balaban J connectivity index is 0.000000405. The first kappa shape index (κ1) is 85.0. The lowest BCUT2D eigenvalue weighted by molar-refractivity contribution is -0.371. The van der Waals surface area contributed by atoms with E-state index < -0.39 is 107 Å². The van der Waals surface area contributed by atoms with E-state index in [1.165, 1.54) is 32.7 Å².